The van der Waals surface area contributed by atoms with Crippen LogP contribution in [0.25, 0.3) is 0 Å². The topological polar surface area (TPSA) is 66.9 Å². The van der Waals surface area contributed by atoms with E-state index >= 15 is 0 Å². The number of aryl methyl sites for hydroxylation is 1. The van der Waals surface area contributed by atoms with Crippen molar-refractivity contribution >= 4 is 22.6 Å². The Morgan fingerprint density at radius 1 is 1.69 bits per heavy atom. The normalized spacial score (nSPS) is 19.9. The van der Waals surface area contributed by atoms with Crippen LogP contribution in [0.15, 0.2) is 0 Å². The highest BCUT2D eigenvalue weighted by Crippen LogP contribution is 2.16. The molecule has 0 spiro atoms. The summed E-state index contributed by atoms with van der Waals surface area (Å²) in [6.07, 6.45) is 2.72. The second-order valence-corrected chi connectivity index (χ2v) is 4.84. The zero-order valence-corrected chi connectivity index (χ0v) is 10.1. The number of hydrogen-bond donors (Lipinski definition) is 2. The molecule has 88 valence electrons. The number of rotatable bonds is 4. The minimum absolute atomic E-state index is 0.0445. The van der Waals surface area contributed by atoms with E-state index in [1.54, 1.807) is 0 Å². The highest BCUT2D eigenvalue weighted by Gasteiger charge is 2.16. The predicted octanol–water partition coefficient (Wildman–Crippen LogP) is 1.17. The smallest absolute Gasteiger partial charge is 0.226 e. The Bertz CT molecular complexity index is 359. The molecule has 1 aromatic rings. The molecule has 1 fully saturated rings. The molecule has 2 heterocycles. The standard InChI is InChI=1S/C10H16N4OS/c1-7-12-10(16-14-7)13-9(15)3-2-8-4-5-11-6-8/h8,11H,2-6H2,1H3,(H,12,13,14,15). The summed E-state index contributed by atoms with van der Waals surface area (Å²) < 4.78 is 4.01. The Hall–Kier alpha value is -1.01. The number of amides is 1. The molecule has 0 aliphatic carbocycles. The molecule has 1 unspecified atom stereocenters. The summed E-state index contributed by atoms with van der Waals surface area (Å²) in [7, 11) is 0. The van der Waals surface area contributed by atoms with Crippen LogP contribution in [0, 0.1) is 12.8 Å². The van der Waals surface area contributed by atoms with E-state index in [0.717, 1.165) is 19.5 Å². The van der Waals surface area contributed by atoms with Gasteiger partial charge in [0.2, 0.25) is 11.0 Å². The highest BCUT2D eigenvalue weighted by molar-refractivity contribution is 7.09. The van der Waals surface area contributed by atoms with Gasteiger partial charge in [0.05, 0.1) is 0 Å². The third-order valence-electron chi connectivity index (χ3n) is 2.72. The first-order valence-corrected chi connectivity index (χ1v) is 6.32. The molecule has 1 aliphatic heterocycles. The lowest BCUT2D eigenvalue weighted by Crippen LogP contribution is -2.14. The first-order chi connectivity index (χ1) is 7.74. The van der Waals surface area contributed by atoms with E-state index in [9.17, 15) is 4.79 Å². The molecular formula is C10H16N4OS. The molecule has 1 amide bonds. The van der Waals surface area contributed by atoms with Crippen LogP contribution in [0.3, 0.4) is 0 Å². The predicted molar refractivity (Wildman–Crippen MR) is 63.5 cm³/mol. The van der Waals surface area contributed by atoms with Gasteiger partial charge in [-0.25, -0.2) is 4.98 Å². The quantitative estimate of drug-likeness (QED) is 0.829. The molecule has 1 aromatic heterocycles. The van der Waals surface area contributed by atoms with Crippen molar-refractivity contribution in [3.05, 3.63) is 5.82 Å². The lowest BCUT2D eigenvalue weighted by Gasteiger charge is -2.06. The summed E-state index contributed by atoms with van der Waals surface area (Å²) in [6, 6.07) is 0. The summed E-state index contributed by atoms with van der Waals surface area (Å²) in [5.41, 5.74) is 0. The monoisotopic (exact) mass is 240 g/mol. The van der Waals surface area contributed by atoms with Crippen molar-refractivity contribution < 1.29 is 4.79 Å². The lowest BCUT2D eigenvalue weighted by molar-refractivity contribution is -0.116. The van der Waals surface area contributed by atoms with E-state index in [-0.39, 0.29) is 5.91 Å². The van der Waals surface area contributed by atoms with Gasteiger partial charge in [-0.3, -0.25) is 4.79 Å². The third kappa shape index (κ3) is 3.24. The molecule has 0 radical (unpaired) electrons. The zero-order chi connectivity index (χ0) is 11.4. The summed E-state index contributed by atoms with van der Waals surface area (Å²) in [4.78, 5) is 15.7. The summed E-state index contributed by atoms with van der Waals surface area (Å²) in [5, 5.41) is 6.67. The largest absolute Gasteiger partial charge is 0.316 e. The maximum absolute atomic E-state index is 11.6. The van der Waals surface area contributed by atoms with Crippen LogP contribution in [0.2, 0.25) is 0 Å². The van der Waals surface area contributed by atoms with Crippen LogP contribution in [0.4, 0.5) is 5.13 Å². The van der Waals surface area contributed by atoms with E-state index in [1.165, 1.54) is 18.0 Å². The Kier molecular flexibility index (Phi) is 3.84. The summed E-state index contributed by atoms with van der Waals surface area (Å²) in [5.74, 6) is 1.41. The number of anilines is 1. The van der Waals surface area contributed by atoms with Gasteiger partial charge in [0, 0.05) is 18.0 Å². The number of aromatic nitrogens is 2. The Balaban J connectivity index is 1.71. The maximum atomic E-state index is 11.6. The highest BCUT2D eigenvalue weighted by atomic mass is 32.1. The van der Waals surface area contributed by atoms with Crippen LogP contribution in [0.1, 0.15) is 25.1 Å². The van der Waals surface area contributed by atoms with Crippen molar-refractivity contribution in [2.75, 3.05) is 18.4 Å². The molecule has 5 nitrogen and oxygen atoms in total. The molecule has 2 rings (SSSR count). The van der Waals surface area contributed by atoms with Gasteiger partial charge in [-0.2, -0.15) is 4.37 Å². The molecule has 0 bridgehead atoms. The minimum atomic E-state index is 0.0445. The van der Waals surface area contributed by atoms with Gasteiger partial charge in [0.1, 0.15) is 5.82 Å². The van der Waals surface area contributed by atoms with Gasteiger partial charge in [0.15, 0.2) is 0 Å². The van der Waals surface area contributed by atoms with Crippen molar-refractivity contribution in [2.24, 2.45) is 5.92 Å². The van der Waals surface area contributed by atoms with E-state index < -0.39 is 0 Å². The summed E-state index contributed by atoms with van der Waals surface area (Å²) >= 11 is 1.23. The average Bonchev–Trinajstić information content (AvgIpc) is 2.87. The fraction of sp³-hybridized carbons (Fsp3) is 0.700. The van der Waals surface area contributed by atoms with Crippen LogP contribution in [-0.4, -0.2) is 28.4 Å². The van der Waals surface area contributed by atoms with Gasteiger partial charge in [-0.1, -0.05) is 0 Å². The van der Waals surface area contributed by atoms with Crippen molar-refractivity contribution in [2.45, 2.75) is 26.2 Å². The van der Waals surface area contributed by atoms with Crippen LogP contribution in [-0.2, 0) is 4.79 Å². The van der Waals surface area contributed by atoms with Gasteiger partial charge in [-0.05, 0) is 38.8 Å². The lowest BCUT2D eigenvalue weighted by atomic mass is 10.0. The third-order valence-corrected chi connectivity index (χ3v) is 3.44. The van der Waals surface area contributed by atoms with Crippen LogP contribution in [0.5, 0.6) is 0 Å². The van der Waals surface area contributed by atoms with Gasteiger partial charge >= 0.3 is 0 Å². The van der Waals surface area contributed by atoms with E-state index in [2.05, 4.69) is 20.0 Å². The van der Waals surface area contributed by atoms with E-state index in [4.69, 9.17) is 0 Å². The second-order valence-electron chi connectivity index (χ2n) is 4.09. The number of carbonyl (C=O) groups excluding carboxylic acids is 1. The first kappa shape index (κ1) is 11.5. The molecule has 0 saturated carbocycles. The van der Waals surface area contributed by atoms with Crippen LogP contribution >= 0.6 is 11.5 Å². The summed E-state index contributed by atoms with van der Waals surface area (Å²) in [6.45, 7) is 3.95. The fourth-order valence-electron chi connectivity index (χ4n) is 1.83. The van der Waals surface area contributed by atoms with E-state index in [0.29, 0.717) is 23.3 Å². The van der Waals surface area contributed by atoms with Gasteiger partial charge < -0.3 is 10.6 Å². The maximum Gasteiger partial charge on any atom is 0.226 e. The van der Waals surface area contributed by atoms with Crippen molar-refractivity contribution in [1.29, 1.82) is 0 Å². The van der Waals surface area contributed by atoms with Gasteiger partial charge in [-0.15, -0.1) is 0 Å². The second kappa shape index (κ2) is 5.36. The molecule has 1 aliphatic rings. The molecule has 2 N–H and O–H groups in total. The SMILES string of the molecule is Cc1nsc(NC(=O)CCC2CCNC2)n1. The molecule has 0 aromatic carbocycles. The van der Waals surface area contributed by atoms with Crippen LogP contribution < -0.4 is 10.6 Å². The molecule has 16 heavy (non-hydrogen) atoms. The Morgan fingerprint density at radius 3 is 3.19 bits per heavy atom. The Morgan fingerprint density at radius 2 is 2.56 bits per heavy atom. The van der Waals surface area contributed by atoms with Gasteiger partial charge in [0.25, 0.3) is 0 Å². The fourth-order valence-corrected chi connectivity index (χ4v) is 2.42. The number of nitrogens with one attached hydrogen (secondary N) is 2. The van der Waals surface area contributed by atoms with Crippen molar-refractivity contribution in [3.8, 4) is 0 Å². The number of carbonyl (C=O) groups is 1. The average molecular weight is 240 g/mol. The van der Waals surface area contributed by atoms with Crippen molar-refractivity contribution in [3.63, 3.8) is 0 Å². The zero-order valence-electron chi connectivity index (χ0n) is 9.32. The van der Waals surface area contributed by atoms with Crippen molar-refractivity contribution in [1.82, 2.24) is 14.7 Å². The molecule has 6 heteroatoms. The molecule has 1 saturated heterocycles. The molecular weight excluding hydrogens is 224 g/mol. The minimum Gasteiger partial charge on any atom is -0.316 e. The molecule has 1 atom stereocenters. The van der Waals surface area contributed by atoms with E-state index in [1.807, 2.05) is 6.92 Å². The number of hydrogen-bond acceptors (Lipinski definition) is 5. The number of nitrogens with zero attached hydrogens (tertiary/aromatic N) is 2. The first-order valence-electron chi connectivity index (χ1n) is 5.55. The Labute approximate surface area is 98.8 Å².